The molecule has 4 aliphatic heterocycles. The van der Waals surface area contributed by atoms with Crippen LogP contribution in [0.25, 0.3) is 0 Å². The Balaban J connectivity index is 1.07. The lowest BCUT2D eigenvalue weighted by molar-refractivity contribution is -0.171. The van der Waals surface area contributed by atoms with E-state index in [2.05, 4.69) is 21.3 Å². The molecule has 9 aromatic carbocycles. The normalized spacial score (nSPS) is 19.8. The highest BCUT2D eigenvalue weighted by Crippen LogP contribution is 2.74. The second-order valence-corrected chi connectivity index (χ2v) is 29.1. The molecule has 4 fully saturated rings. The predicted octanol–water partition coefficient (Wildman–Crippen LogP) is 13.4. The largest absolute Gasteiger partial charge is 0.346 e. The number of fused-ring (bicyclic) bond motifs is 2. The third-order valence-corrected chi connectivity index (χ3v) is 24.7. The summed E-state index contributed by atoms with van der Waals surface area (Å²) >= 11 is 0. The second kappa shape index (κ2) is 27.9. The maximum atomic E-state index is 15.5. The molecule has 1 unspecified atom stereocenters. The van der Waals surface area contributed by atoms with Crippen LogP contribution in [0.15, 0.2) is 243 Å². The van der Waals surface area contributed by atoms with Gasteiger partial charge in [-0.05, 0) is 123 Å². The number of amides is 8. The monoisotopic (exact) mass is 1310 g/mol. The molecule has 8 amide bonds. The van der Waals surface area contributed by atoms with E-state index < -0.39 is 86.8 Å². The maximum Gasteiger partial charge on any atom is 0.252 e. The maximum absolute atomic E-state index is 15.5. The Morgan fingerprint density at radius 2 is 0.479 bits per heavy atom. The summed E-state index contributed by atoms with van der Waals surface area (Å²) in [6, 6.07) is 72.6. The van der Waals surface area contributed by atoms with Crippen LogP contribution >= 0.6 is 15.8 Å². The summed E-state index contributed by atoms with van der Waals surface area (Å²) in [7, 11) is -4.41. The van der Waals surface area contributed by atoms with E-state index in [9.17, 15) is 0 Å². The first-order valence-corrected chi connectivity index (χ1v) is 35.4. The lowest BCUT2D eigenvalue weighted by Crippen LogP contribution is -2.50. The quantitative estimate of drug-likeness (QED) is 0.0609. The fourth-order valence-corrected chi connectivity index (χ4v) is 21.3. The van der Waals surface area contributed by atoms with Crippen molar-refractivity contribution in [2.75, 3.05) is 0 Å². The highest BCUT2D eigenvalue weighted by Gasteiger charge is 2.60. The first-order chi connectivity index (χ1) is 46.7. The Morgan fingerprint density at radius 3 is 0.698 bits per heavy atom. The summed E-state index contributed by atoms with van der Waals surface area (Å²) in [5.74, 6) is -7.60. The van der Waals surface area contributed by atoms with Crippen LogP contribution in [0.3, 0.4) is 0 Å². The number of benzene rings is 9. The Morgan fingerprint density at radius 1 is 0.292 bits per heavy atom. The molecule has 4 aliphatic rings. The molecule has 9 aromatic rings. The second-order valence-electron chi connectivity index (χ2n) is 24.5. The Kier molecular flexibility index (Phi) is 18.7. The molecule has 0 spiro atoms. The van der Waals surface area contributed by atoms with Gasteiger partial charge in [-0.3, -0.25) is 38.4 Å². The van der Waals surface area contributed by atoms with Crippen LogP contribution in [-0.4, -0.2) is 67.3 Å². The van der Waals surface area contributed by atoms with Gasteiger partial charge in [-0.1, -0.05) is 218 Å². The van der Waals surface area contributed by atoms with Crippen molar-refractivity contribution in [2.45, 2.75) is 101 Å². The SMILES string of the molecule is C[C@H](NC(=O)c1ccccc1[C@@H]1N2C(=O)CCC(=O)N2[C@@H](c2ccccc2C(=O)N[C@@H](C)c2ccccc2)P1c1ccccc1P1[C@H](c2ccccc2C(=O)N[C@@H](C)c2ccccc2)N2C(=O)CCC(=O)N2[C@H]1c1ccccc1C(=O)N[C@H](C)c1ccccc1)c1ccccc1. The predicted molar refractivity (Wildman–Crippen MR) is 371 cm³/mol. The van der Waals surface area contributed by atoms with Crippen molar-refractivity contribution >= 4 is 73.7 Å². The summed E-state index contributed by atoms with van der Waals surface area (Å²) in [6.07, 6.45) is -0.579. The molecule has 4 heterocycles. The standard InChI is InChI=1S/C78H72N8O8P2/c1-49(53-27-9-5-10-28-53)79-71(91)57-35-17-21-39-61(57)75-83-67(87)45-46-68(88)84(83)76(62-40-22-18-36-58(62)72(92)80-50(2)54-29-11-6-12-30-54)95(75)65-43-25-26-44-66(65)96-77(63-41-23-19-37-59(63)73(93)81-51(3)55-31-13-7-14-32-55)85-69(89)47-48-70(90)86(85)78(96)64-42-24-20-38-60(64)74(94)82-52(4)56-33-15-8-16-34-56/h5-44,49-52,75-78H,45-48H2,1-4H3,(H,79,91)(H,80,92)(H,81,93)(H,82,94)/t49-,50-,51-,52+,75+,76+,77+,78+,96?/m0/s1. The number of hydrogen-bond acceptors (Lipinski definition) is 8. The molecule has 0 aromatic heterocycles. The van der Waals surface area contributed by atoms with Crippen LogP contribution in [0.4, 0.5) is 0 Å². The van der Waals surface area contributed by atoms with Crippen molar-refractivity contribution in [1.82, 2.24) is 41.3 Å². The van der Waals surface area contributed by atoms with Gasteiger partial charge in [0.15, 0.2) is 0 Å². The van der Waals surface area contributed by atoms with E-state index in [0.29, 0.717) is 32.9 Å². The minimum Gasteiger partial charge on any atom is -0.346 e. The number of hydrazine groups is 2. The smallest absolute Gasteiger partial charge is 0.252 e. The number of carbonyl (C=O) groups excluding carboxylic acids is 8. The van der Waals surface area contributed by atoms with Gasteiger partial charge in [0.05, 0.1) is 24.2 Å². The van der Waals surface area contributed by atoms with Gasteiger partial charge in [-0.15, -0.1) is 0 Å². The van der Waals surface area contributed by atoms with E-state index in [-0.39, 0.29) is 71.6 Å². The minimum atomic E-state index is -2.20. The van der Waals surface area contributed by atoms with E-state index in [4.69, 9.17) is 0 Å². The number of rotatable bonds is 18. The molecule has 4 saturated heterocycles. The average molecular weight is 1310 g/mol. The number of hydrogen-bond donors (Lipinski definition) is 4. The summed E-state index contributed by atoms with van der Waals surface area (Å²) in [5.41, 5.74) is 6.21. The van der Waals surface area contributed by atoms with Gasteiger partial charge in [-0.25, -0.2) is 20.0 Å². The van der Waals surface area contributed by atoms with Crippen LogP contribution in [0, 0.1) is 0 Å². The molecule has 0 radical (unpaired) electrons. The Bertz CT molecular complexity index is 3910. The van der Waals surface area contributed by atoms with Gasteiger partial charge in [0, 0.05) is 47.9 Å². The number of nitrogens with one attached hydrogen (secondary N) is 4. The zero-order valence-corrected chi connectivity index (χ0v) is 55.3. The zero-order chi connectivity index (χ0) is 66.7. The zero-order valence-electron chi connectivity index (χ0n) is 53.5. The van der Waals surface area contributed by atoms with Crippen molar-refractivity contribution in [3.63, 3.8) is 0 Å². The van der Waals surface area contributed by atoms with Crippen molar-refractivity contribution in [3.8, 4) is 0 Å². The van der Waals surface area contributed by atoms with Crippen LogP contribution in [-0.2, 0) is 19.2 Å². The molecule has 9 atom stereocenters. The molecule has 96 heavy (non-hydrogen) atoms. The van der Waals surface area contributed by atoms with E-state index in [1.54, 1.807) is 48.5 Å². The number of nitrogens with zero attached hydrogens (tertiary/aromatic N) is 4. The summed E-state index contributed by atoms with van der Waals surface area (Å²) in [6.45, 7) is 7.58. The van der Waals surface area contributed by atoms with E-state index >= 15 is 38.4 Å². The Labute approximate surface area is 560 Å². The number of carbonyl (C=O) groups is 8. The van der Waals surface area contributed by atoms with Crippen molar-refractivity contribution in [2.24, 2.45) is 0 Å². The lowest BCUT2D eigenvalue weighted by Gasteiger charge is -2.38. The molecule has 13 rings (SSSR count). The third kappa shape index (κ3) is 12.4. The molecular formula is C78H72N8O8P2. The highest BCUT2D eigenvalue weighted by atomic mass is 31.1. The molecule has 0 saturated carbocycles. The summed E-state index contributed by atoms with van der Waals surface area (Å²) in [4.78, 5) is 123. The lowest BCUT2D eigenvalue weighted by atomic mass is 10.0. The van der Waals surface area contributed by atoms with Gasteiger partial charge < -0.3 is 21.3 Å². The van der Waals surface area contributed by atoms with E-state index in [1.165, 1.54) is 20.0 Å². The van der Waals surface area contributed by atoms with Crippen molar-refractivity contribution in [1.29, 1.82) is 0 Å². The topological polar surface area (TPSA) is 198 Å². The van der Waals surface area contributed by atoms with Gasteiger partial charge in [0.1, 0.15) is 23.1 Å². The van der Waals surface area contributed by atoms with Crippen molar-refractivity contribution < 1.29 is 38.4 Å². The minimum absolute atomic E-state index is 0.145. The summed E-state index contributed by atoms with van der Waals surface area (Å²) < 4.78 is 0. The first-order valence-electron chi connectivity index (χ1n) is 32.4. The van der Waals surface area contributed by atoms with Crippen LogP contribution in [0.1, 0.15) is 187 Å². The molecule has 4 N–H and O–H groups in total. The van der Waals surface area contributed by atoms with Crippen LogP contribution in [0.5, 0.6) is 0 Å². The molecule has 0 aliphatic carbocycles. The fraction of sp³-hybridized carbons (Fsp3) is 0.205. The van der Waals surface area contributed by atoms with Gasteiger partial charge >= 0.3 is 0 Å². The molecule has 0 bridgehead atoms. The molecular weight excluding hydrogens is 1240 g/mol. The third-order valence-electron chi connectivity index (χ3n) is 18.5. The highest BCUT2D eigenvalue weighted by molar-refractivity contribution is 7.73. The molecule has 16 nitrogen and oxygen atoms in total. The Hall–Kier alpha value is -10.4. The summed E-state index contributed by atoms with van der Waals surface area (Å²) in [5, 5.41) is 20.2. The fourth-order valence-electron chi connectivity index (χ4n) is 13.8. The van der Waals surface area contributed by atoms with Crippen LogP contribution in [0.2, 0.25) is 0 Å². The molecule has 482 valence electrons. The van der Waals surface area contributed by atoms with Crippen LogP contribution < -0.4 is 31.9 Å². The van der Waals surface area contributed by atoms with Gasteiger partial charge in [-0.2, -0.15) is 0 Å². The van der Waals surface area contributed by atoms with Gasteiger partial charge in [0.2, 0.25) is 23.6 Å². The van der Waals surface area contributed by atoms with Crippen molar-refractivity contribution in [3.05, 3.63) is 309 Å². The van der Waals surface area contributed by atoms with E-state index in [0.717, 1.165) is 22.3 Å². The van der Waals surface area contributed by atoms with Gasteiger partial charge in [0.25, 0.3) is 23.6 Å². The first kappa shape index (κ1) is 64.3. The average Bonchev–Trinajstić information content (AvgIpc) is 1.55. The van der Waals surface area contributed by atoms with E-state index in [1.807, 2.05) is 222 Å². The molecule has 18 heteroatoms.